The van der Waals surface area contributed by atoms with Crippen LogP contribution in [0.1, 0.15) is 16.1 Å². The van der Waals surface area contributed by atoms with Crippen LogP contribution in [-0.2, 0) is 4.79 Å². The first-order valence-corrected chi connectivity index (χ1v) is 10.0. The second-order valence-electron chi connectivity index (χ2n) is 6.38. The highest BCUT2D eigenvalue weighted by Gasteiger charge is 2.07. The van der Waals surface area contributed by atoms with E-state index in [9.17, 15) is 9.59 Å². The summed E-state index contributed by atoms with van der Waals surface area (Å²) in [6.45, 7) is -0.0417. The topological polar surface area (TPSA) is 59.5 Å². The maximum atomic E-state index is 12.4. The van der Waals surface area contributed by atoms with Gasteiger partial charge in [0.05, 0.1) is 5.69 Å². The summed E-state index contributed by atoms with van der Waals surface area (Å²) in [5.41, 5.74) is 2.23. The van der Waals surface area contributed by atoms with Gasteiger partial charge in [-0.3, -0.25) is 9.59 Å². The molecule has 7 heteroatoms. The smallest absolute Gasteiger partial charge is 0.259 e. The van der Waals surface area contributed by atoms with Crippen LogP contribution in [0.5, 0.6) is 5.75 Å². The Hall–Kier alpha value is -2.96. The van der Waals surface area contributed by atoms with E-state index in [2.05, 4.69) is 4.98 Å². The molecule has 148 valence electrons. The molecule has 0 aliphatic rings. The first kappa shape index (κ1) is 20.8. The average Bonchev–Trinajstić information content (AvgIpc) is 3.20. The number of halogens is 1. The van der Waals surface area contributed by atoms with E-state index < -0.39 is 0 Å². The van der Waals surface area contributed by atoms with Crippen molar-refractivity contribution in [2.24, 2.45) is 0 Å². The highest BCUT2D eigenvalue weighted by Crippen LogP contribution is 2.25. The molecule has 3 rings (SSSR count). The quantitative estimate of drug-likeness (QED) is 0.401. The molecule has 0 saturated carbocycles. The van der Waals surface area contributed by atoms with Gasteiger partial charge in [-0.25, -0.2) is 4.98 Å². The third-order valence-corrected chi connectivity index (χ3v) is 5.18. The molecule has 0 bridgehead atoms. The van der Waals surface area contributed by atoms with E-state index in [0.717, 1.165) is 16.3 Å². The Labute approximate surface area is 178 Å². The molecule has 0 atom stereocenters. The number of thiazole rings is 1. The van der Waals surface area contributed by atoms with Gasteiger partial charge >= 0.3 is 0 Å². The highest BCUT2D eigenvalue weighted by molar-refractivity contribution is 7.13. The van der Waals surface area contributed by atoms with Crippen LogP contribution in [0.15, 0.2) is 60.0 Å². The zero-order chi connectivity index (χ0) is 20.8. The molecule has 5 nitrogen and oxygen atoms in total. The molecule has 0 aliphatic heterocycles. The number of aromatic nitrogens is 1. The van der Waals surface area contributed by atoms with Gasteiger partial charge in [0.15, 0.2) is 12.4 Å². The third-order valence-electron chi connectivity index (χ3n) is 4.02. The Morgan fingerprint density at radius 1 is 1.10 bits per heavy atom. The van der Waals surface area contributed by atoms with Crippen molar-refractivity contribution in [1.29, 1.82) is 0 Å². The second-order valence-corrected chi connectivity index (χ2v) is 7.68. The molecular formula is C22H19ClN2O3S. The van der Waals surface area contributed by atoms with Crippen molar-refractivity contribution in [1.82, 2.24) is 9.88 Å². The van der Waals surface area contributed by atoms with E-state index in [-0.39, 0.29) is 18.3 Å². The normalized spacial score (nSPS) is 10.9. The standard InChI is InChI=1S/C22H19ClN2O3S/c1-25(2)21(27)13-28-19-10-5-15(6-11-19)20(26)12-9-18-14-29-22(24-18)16-3-7-17(23)8-4-16/h3-12,14H,13H2,1-2H3. The van der Waals surface area contributed by atoms with E-state index in [4.69, 9.17) is 16.3 Å². The Morgan fingerprint density at radius 3 is 2.45 bits per heavy atom. The lowest BCUT2D eigenvalue weighted by molar-refractivity contribution is -0.130. The number of nitrogens with zero attached hydrogens (tertiary/aromatic N) is 2. The van der Waals surface area contributed by atoms with Crippen LogP contribution in [0.2, 0.25) is 5.02 Å². The average molecular weight is 427 g/mol. The molecule has 1 aromatic heterocycles. The number of ether oxygens (including phenoxy) is 1. The zero-order valence-corrected chi connectivity index (χ0v) is 17.5. The molecular weight excluding hydrogens is 408 g/mol. The number of amides is 1. The molecule has 3 aromatic rings. The fraction of sp³-hybridized carbons (Fsp3) is 0.136. The monoisotopic (exact) mass is 426 g/mol. The van der Waals surface area contributed by atoms with E-state index in [0.29, 0.717) is 16.3 Å². The van der Waals surface area contributed by atoms with E-state index in [1.54, 1.807) is 44.4 Å². The summed E-state index contributed by atoms with van der Waals surface area (Å²) in [5.74, 6) is 0.268. The van der Waals surface area contributed by atoms with Gasteiger partial charge in [-0.15, -0.1) is 11.3 Å². The van der Waals surface area contributed by atoms with Crippen molar-refractivity contribution in [2.45, 2.75) is 0 Å². The van der Waals surface area contributed by atoms with Gasteiger partial charge in [0.1, 0.15) is 10.8 Å². The van der Waals surface area contributed by atoms with Crippen molar-refractivity contribution in [2.75, 3.05) is 20.7 Å². The highest BCUT2D eigenvalue weighted by atomic mass is 35.5. The lowest BCUT2D eigenvalue weighted by Crippen LogP contribution is -2.27. The summed E-state index contributed by atoms with van der Waals surface area (Å²) in [5, 5.41) is 3.44. The molecule has 0 saturated heterocycles. The summed E-state index contributed by atoms with van der Waals surface area (Å²) in [6.07, 6.45) is 3.19. The van der Waals surface area contributed by atoms with Gasteiger partial charge in [0, 0.05) is 35.6 Å². The van der Waals surface area contributed by atoms with E-state index in [1.807, 2.05) is 29.6 Å². The van der Waals surface area contributed by atoms with Crippen LogP contribution >= 0.6 is 22.9 Å². The van der Waals surface area contributed by atoms with Crippen LogP contribution in [-0.4, -0.2) is 42.3 Å². The van der Waals surface area contributed by atoms with Crippen molar-refractivity contribution in [3.05, 3.63) is 76.3 Å². The van der Waals surface area contributed by atoms with Crippen LogP contribution in [0.4, 0.5) is 0 Å². The van der Waals surface area contributed by atoms with Gasteiger partial charge in [0.25, 0.3) is 5.91 Å². The number of hydrogen-bond acceptors (Lipinski definition) is 5. The summed E-state index contributed by atoms with van der Waals surface area (Å²) < 4.78 is 5.41. The number of benzene rings is 2. The summed E-state index contributed by atoms with van der Waals surface area (Å²) >= 11 is 7.41. The number of likely N-dealkylation sites (N-methyl/N-ethyl adjacent to an activating group) is 1. The van der Waals surface area contributed by atoms with Gasteiger partial charge in [-0.1, -0.05) is 23.7 Å². The summed E-state index contributed by atoms with van der Waals surface area (Å²) in [7, 11) is 3.33. The van der Waals surface area contributed by atoms with Crippen LogP contribution < -0.4 is 4.74 Å². The van der Waals surface area contributed by atoms with Crippen molar-refractivity contribution < 1.29 is 14.3 Å². The fourth-order valence-electron chi connectivity index (χ4n) is 2.33. The lowest BCUT2D eigenvalue weighted by Gasteiger charge is -2.11. The molecule has 0 spiro atoms. The predicted molar refractivity (Wildman–Crippen MR) is 117 cm³/mol. The van der Waals surface area contributed by atoms with Crippen LogP contribution in [0.25, 0.3) is 16.6 Å². The molecule has 1 heterocycles. The first-order valence-electron chi connectivity index (χ1n) is 8.79. The zero-order valence-electron chi connectivity index (χ0n) is 16.0. The molecule has 1 amide bonds. The maximum Gasteiger partial charge on any atom is 0.259 e. The minimum absolute atomic E-state index is 0.0417. The van der Waals surface area contributed by atoms with Gasteiger partial charge in [-0.05, 0) is 48.6 Å². The summed E-state index contributed by atoms with van der Waals surface area (Å²) in [6, 6.07) is 14.1. The Kier molecular flexibility index (Phi) is 6.80. The Balaban J connectivity index is 1.60. The molecule has 29 heavy (non-hydrogen) atoms. The molecule has 0 unspecified atom stereocenters. The minimum atomic E-state index is -0.137. The van der Waals surface area contributed by atoms with Crippen molar-refractivity contribution >= 4 is 40.7 Å². The second kappa shape index (κ2) is 9.49. The first-order chi connectivity index (χ1) is 13.9. The lowest BCUT2D eigenvalue weighted by atomic mass is 10.1. The molecule has 0 fully saturated rings. The van der Waals surface area contributed by atoms with Gasteiger partial charge in [-0.2, -0.15) is 0 Å². The van der Waals surface area contributed by atoms with Crippen LogP contribution in [0.3, 0.4) is 0 Å². The van der Waals surface area contributed by atoms with E-state index in [1.165, 1.54) is 22.3 Å². The third kappa shape index (κ3) is 5.76. The van der Waals surface area contributed by atoms with Crippen LogP contribution in [0, 0.1) is 0 Å². The number of carbonyl (C=O) groups is 2. The number of rotatable bonds is 7. The maximum absolute atomic E-state index is 12.4. The molecule has 0 aliphatic carbocycles. The largest absolute Gasteiger partial charge is 0.484 e. The van der Waals surface area contributed by atoms with Gasteiger partial charge in [0.2, 0.25) is 0 Å². The molecule has 0 radical (unpaired) electrons. The fourth-order valence-corrected chi connectivity index (χ4v) is 3.25. The molecule has 0 N–H and O–H groups in total. The van der Waals surface area contributed by atoms with Gasteiger partial charge < -0.3 is 9.64 Å². The van der Waals surface area contributed by atoms with Crippen molar-refractivity contribution in [3.63, 3.8) is 0 Å². The minimum Gasteiger partial charge on any atom is -0.484 e. The molecule has 2 aromatic carbocycles. The van der Waals surface area contributed by atoms with E-state index >= 15 is 0 Å². The Bertz CT molecular complexity index is 1020. The van der Waals surface area contributed by atoms with Crippen molar-refractivity contribution in [3.8, 4) is 16.3 Å². The SMILES string of the molecule is CN(C)C(=O)COc1ccc(C(=O)C=Cc2csc(-c3ccc(Cl)cc3)n2)cc1. The predicted octanol–water partition coefficient (Wildman–Crippen LogP) is 4.83. The number of ketones is 1. The number of allylic oxidation sites excluding steroid dienone is 1. The number of hydrogen-bond donors (Lipinski definition) is 0. The number of carbonyl (C=O) groups excluding carboxylic acids is 2. The summed E-state index contributed by atoms with van der Waals surface area (Å²) in [4.78, 5) is 29.9. The Morgan fingerprint density at radius 2 is 1.79 bits per heavy atom.